The van der Waals surface area contributed by atoms with Crippen LogP contribution in [0.2, 0.25) is 5.02 Å². The molecule has 1 aromatic heterocycles. The highest BCUT2D eigenvalue weighted by Crippen LogP contribution is 2.55. The molecule has 3 atom stereocenters. The summed E-state index contributed by atoms with van der Waals surface area (Å²) in [5, 5.41) is 4.93. The zero-order valence-corrected chi connectivity index (χ0v) is 15.0. The van der Waals surface area contributed by atoms with Crippen LogP contribution in [0.3, 0.4) is 0 Å². The van der Waals surface area contributed by atoms with Gasteiger partial charge in [0.05, 0.1) is 27.8 Å². The van der Waals surface area contributed by atoms with E-state index in [0.717, 1.165) is 21.5 Å². The van der Waals surface area contributed by atoms with Gasteiger partial charge in [-0.3, -0.25) is 9.69 Å². The van der Waals surface area contributed by atoms with Gasteiger partial charge in [0.1, 0.15) is 0 Å². The minimum absolute atomic E-state index is 0.0411. The maximum Gasteiger partial charge on any atom is 0.261 e. The Labute approximate surface area is 149 Å². The number of carbonyl (C=O) groups excluding carboxylic acids is 1. The molecule has 126 valence electrons. The summed E-state index contributed by atoms with van der Waals surface area (Å²) in [5.74, 6) is 1.32. The van der Waals surface area contributed by atoms with Gasteiger partial charge in [-0.1, -0.05) is 17.7 Å². The number of hydrogen-bond acceptors (Lipinski definition) is 4. The van der Waals surface area contributed by atoms with Crippen LogP contribution in [0.15, 0.2) is 18.2 Å². The van der Waals surface area contributed by atoms with Gasteiger partial charge >= 0.3 is 0 Å². The highest BCUT2D eigenvalue weighted by Gasteiger charge is 2.63. The Kier molecular flexibility index (Phi) is 3.19. The number of fused-ring (bicyclic) bond motifs is 4. The average Bonchev–Trinajstić information content (AvgIpc) is 2.96. The van der Waals surface area contributed by atoms with Gasteiger partial charge in [-0.05, 0) is 49.2 Å². The maximum atomic E-state index is 12.9. The van der Waals surface area contributed by atoms with E-state index >= 15 is 0 Å². The van der Waals surface area contributed by atoms with Crippen molar-refractivity contribution >= 4 is 38.9 Å². The molecule has 2 aliphatic heterocycles. The molecule has 3 aliphatic rings. The fourth-order valence-electron chi connectivity index (χ4n) is 4.67. The van der Waals surface area contributed by atoms with Crippen LogP contribution >= 0.6 is 22.9 Å². The van der Waals surface area contributed by atoms with Crippen LogP contribution in [-0.2, 0) is 0 Å². The molecule has 0 radical (unpaired) electrons. The Morgan fingerprint density at radius 1 is 1.46 bits per heavy atom. The van der Waals surface area contributed by atoms with Gasteiger partial charge in [0.25, 0.3) is 5.91 Å². The van der Waals surface area contributed by atoms with Crippen LogP contribution in [0.5, 0.6) is 5.75 Å². The zero-order chi connectivity index (χ0) is 16.5. The smallest absolute Gasteiger partial charge is 0.261 e. The third-order valence-corrected chi connectivity index (χ3v) is 7.42. The summed E-state index contributed by atoms with van der Waals surface area (Å²) in [5.41, 5.74) is 0.274. The third kappa shape index (κ3) is 1.98. The highest BCUT2D eigenvalue weighted by atomic mass is 35.5. The van der Waals surface area contributed by atoms with E-state index in [1.54, 1.807) is 7.11 Å². The lowest BCUT2D eigenvalue weighted by Gasteiger charge is -2.33. The van der Waals surface area contributed by atoms with Crippen molar-refractivity contribution in [2.75, 3.05) is 20.2 Å². The fourth-order valence-corrected chi connectivity index (χ4v) is 6.05. The zero-order valence-electron chi connectivity index (χ0n) is 13.5. The van der Waals surface area contributed by atoms with Crippen LogP contribution in [0.1, 0.15) is 28.9 Å². The monoisotopic (exact) mass is 362 g/mol. The van der Waals surface area contributed by atoms with E-state index in [1.807, 2.05) is 18.2 Å². The van der Waals surface area contributed by atoms with Crippen molar-refractivity contribution in [2.45, 2.75) is 30.8 Å². The first-order valence-electron chi connectivity index (χ1n) is 8.44. The first-order chi connectivity index (χ1) is 11.6. The first kappa shape index (κ1) is 15.0. The van der Waals surface area contributed by atoms with E-state index in [0.29, 0.717) is 22.7 Å². The van der Waals surface area contributed by atoms with Gasteiger partial charge < -0.3 is 10.1 Å². The van der Waals surface area contributed by atoms with Crippen LogP contribution in [0.4, 0.5) is 0 Å². The standard InChI is InChI=1S/C18H19ClN2O2S/c1-23-14-12(19)3-2-10-8-13(24-15(10)14)17(22)20-16-11-4-7-21(9-11)18(16)5-6-18/h2-3,8,11,16H,4-7,9H2,1H3,(H,20,22)/t11?,16-/m1/s1. The number of methoxy groups -OCH3 is 1. The van der Waals surface area contributed by atoms with Crippen molar-refractivity contribution in [3.05, 3.63) is 28.1 Å². The summed E-state index contributed by atoms with van der Waals surface area (Å²) in [4.78, 5) is 16.2. The number of ether oxygens (including phenoxy) is 1. The largest absolute Gasteiger partial charge is 0.494 e. The highest BCUT2D eigenvalue weighted by molar-refractivity contribution is 7.21. The van der Waals surface area contributed by atoms with Crippen molar-refractivity contribution in [3.8, 4) is 5.75 Å². The van der Waals surface area contributed by atoms with Crippen molar-refractivity contribution in [1.82, 2.24) is 10.2 Å². The minimum atomic E-state index is 0.0411. The Hall–Kier alpha value is -1.30. The molecule has 6 heteroatoms. The summed E-state index contributed by atoms with van der Waals surface area (Å²) >= 11 is 7.65. The Balaban J connectivity index is 1.44. The fraction of sp³-hybridized carbons (Fsp3) is 0.500. The van der Waals surface area contributed by atoms with E-state index in [9.17, 15) is 4.79 Å². The van der Waals surface area contributed by atoms with Crippen LogP contribution in [0, 0.1) is 5.92 Å². The van der Waals surface area contributed by atoms with Crippen LogP contribution in [0.25, 0.3) is 10.1 Å². The second kappa shape index (κ2) is 5.10. The van der Waals surface area contributed by atoms with E-state index in [4.69, 9.17) is 16.3 Å². The summed E-state index contributed by atoms with van der Waals surface area (Å²) in [6, 6.07) is 6.02. The number of carbonyl (C=O) groups is 1. The summed E-state index contributed by atoms with van der Waals surface area (Å²) < 4.78 is 6.35. The minimum Gasteiger partial charge on any atom is -0.494 e. The topological polar surface area (TPSA) is 41.6 Å². The molecule has 5 rings (SSSR count). The molecule has 2 unspecified atom stereocenters. The van der Waals surface area contributed by atoms with Crippen LogP contribution < -0.4 is 10.1 Å². The normalized spacial score (nSPS) is 29.3. The van der Waals surface area contributed by atoms with Gasteiger partial charge in [-0.25, -0.2) is 0 Å². The first-order valence-corrected chi connectivity index (χ1v) is 9.64. The lowest BCUT2D eigenvalue weighted by molar-refractivity contribution is 0.0896. The number of rotatable bonds is 3. The molecule has 1 spiro atoms. The molecular formula is C18H19ClN2O2S. The van der Waals surface area contributed by atoms with E-state index in [-0.39, 0.29) is 11.4 Å². The number of benzene rings is 1. The molecular weight excluding hydrogens is 344 g/mol. The van der Waals surface area contributed by atoms with Gasteiger partial charge in [0.2, 0.25) is 0 Å². The summed E-state index contributed by atoms with van der Waals surface area (Å²) in [7, 11) is 1.61. The van der Waals surface area contributed by atoms with Gasteiger partial charge in [0.15, 0.2) is 5.75 Å². The summed E-state index contributed by atoms with van der Waals surface area (Å²) in [6.07, 6.45) is 3.66. The Bertz CT molecular complexity index is 845. The predicted molar refractivity (Wildman–Crippen MR) is 96.3 cm³/mol. The number of amides is 1. The van der Waals surface area contributed by atoms with E-state index in [2.05, 4.69) is 10.2 Å². The Morgan fingerprint density at radius 2 is 2.29 bits per heavy atom. The second-order valence-corrected chi connectivity index (χ2v) is 8.62. The van der Waals surface area contributed by atoms with Crippen molar-refractivity contribution < 1.29 is 9.53 Å². The molecule has 1 N–H and O–H groups in total. The van der Waals surface area contributed by atoms with Crippen molar-refractivity contribution in [2.24, 2.45) is 5.92 Å². The molecule has 4 nitrogen and oxygen atoms in total. The molecule has 3 heterocycles. The molecule has 2 aromatic rings. The molecule has 1 aliphatic carbocycles. The number of thiophene rings is 1. The quantitative estimate of drug-likeness (QED) is 0.908. The lowest BCUT2D eigenvalue weighted by atomic mass is 9.92. The second-order valence-electron chi connectivity index (χ2n) is 7.16. The van der Waals surface area contributed by atoms with Crippen molar-refractivity contribution in [1.29, 1.82) is 0 Å². The number of nitrogens with one attached hydrogen (secondary N) is 1. The van der Waals surface area contributed by atoms with E-state index < -0.39 is 0 Å². The number of piperidine rings is 1. The number of halogens is 1. The van der Waals surface area contributed by atoms with Crippen LogP contribution in [-0.4, -0.2) is 42.6 Å². The Morgan fingerprint density at radius 3 is 3.04 bits per heavy atom. The van der Waals surface area contributed by atoms with Gasteiger partial charge in [0, 0.05) is 12.1 Å². The predicted octanol–water partition coefficient (Wildman–Crippen LogP) is 3.53. The molecule has 1 saturated carbocycles. The van der Waals surface area contributed by atoms with Gasteiger partial charge in [-0.2, -0.15) is 0 Å². The summed E-state index contributed by atoms with van der Waals surface area (Å²) in [6.45, 7) is 2.36. The maximum absolute atomic E-state index is 12.9. The number of hydrogen-bond donors (Lipinski definition) is 1. The SMILES string of the molecule is COc1c(Cl)ccc2cc(C(=O)N[C@@H]3C4CCN(C4)C34CC4)sc12. The number of nitrogens with zero attached hydrogens (tertiary/aromatic N) is 1. The molecule has 2 saturated heterocycles. The molecule has 24 heavy (non-hydrogen) atoms. The average molecular weight is 363 g/mol. The molecule has 3 fully saturated rings. The molecule has 1 amide bonds. The lowest BCUT2D eigenvalue weighted by Crippen LogP contribution is -2.51. The molecule has 1 aromatic carbocycles. The van der Waals surface area contributed by atoms with E-state index in [1.165, 1.54) is 37.1 Å². The van der Waals surface area contributed by atoms with Gasteiger partial charge in [-0.15, -0.1) is 11.3 Å². The molecule has 2 bridgehead atoms. The third-order valence-electron chi connectivity index (χ3n) is 5.97. The van der Waals surface area contributed by atoms with Crippen molar-refractivity contribution in [3.63, 3.8) is 0 Å².